The Hall–Kier alpha value is -0.130. The highest BCUT2D eigenvalue weighted by atomic mass is 32.2. The average molecular weight is 378 g/mol. The van der Waals surface area contributed by atoms with Crippen molar-refractivity contribution in [2.75, 3.05) is 25.9 Å². The molecule has 1 rings (SSSR count). The van der Waals surface area contributed by atoms with Crippen LogP contribution >= 0.6 is 0 Å². The minimum Gasteiger partial charge on any atom is -0.748 e. The van der Waals surface area contributed by atoms with Crippen molar-refractivity contribution in [3.63, 3.8) is 0 Å². The molecule has 1 aliphatic heterocycles. The molecular formula is C20H43NO3S. The SMILES string of the molecule is CCCCCCCCCC[NH+]1CCC(CCCC)CC1.CS(=O)(=O)[O-]. The summed E-state index contributed by atoms with van der Waals surface area (Å²) in [6, 6.07) is 0. The zero-order valence-electron chi connectivity index (χ0n) is 17.0. The minimum absolute atomic E-state index is 0.604. The molecule has 0 aromatic carbocycles. The molecule has 0 spiro atoms. The summed E-state index contributed by atoms with van der Waals surface area (Å²) in [5.41, 5.74) is 0. The van der Waals surface area contributed by atoms with Gasteiger partial charge in [0.2, 0.25) is 0 Å². The van der Waals surface area contributed by atoms with Crippen LogP contribution in [0.25, 0.3) is 0 Å². The summed E-state index contributed by atoms with van der Waals surface area (Å²) < 4.78 is 27.2. The summed E-state index contributed by atoms with van der Waals surface area (Å²) in [5.74, 6) is 1.07. The van der Waals surface area contributed by atoms with E-state index in [1.165, 1.54) is 103 Å². The molecule has 1 heterocycles. The van der Waals surface area contributed by atoms with E-state index in [2.05, 4.69) is 13.8 Å². The predicted molar refractivity (Wildman–Crippen MR) is 106 cm³/mol. The molecule has 0 saturated carbocycles. The molecule has 0 amide bonds. The van der Waals surface area contributed by atoms with Crippen molar-refractivity contribution in [3.8, 4) is 0 Å². The zero-order valence-corrected chi connectivity index (χ0v) is 17.8. The molecule has 4 nitrogen and oxygen atoms in total. The molecule has 152 valence electrons. The van der Waals surface area contributed by atoms with E-state index >= 15 is 0 Å². The molecule has 0 aromatic heterocycles. The van der Waals surface area contributed by atoms with Gasteiger partial charge >= 0.3 is 0 Å². The van der Waals surface area contributed by atoms with Crippen molar-refractivity contribution in [2.45, 2.75) is 97.3 Å². The molecule has 0 atom stereocenters. The standard InChI is InChI=1S/C19H39N.CH4O3S/c1-3-5-7-8-9-10-11-12-16-20-17-14-19(15-18-20)13-6-4-2;1-5(2,3)4/h19H,3-18H2,1-2H3;1H3,(H,2,3,4). The molecule has 25 heavy (non-hydrogen) atoms. The van der Waals surface area contributed by atoms with Crippen molar-refractivity contribution >= 4 is 10.1 Å². The van der Waals surface area contributed by atoms with Gasteiger partial charge in [0.15, 0.2) is 0 Å². The Labute approximate surface area is 157 Å². The van der Waals surface area contributed by atoms with Crippen molar-refractivity contribution < 1.29 is 17.9 Å². The van der Waals surface area contributed by atoms with Gasteiger partial charge in [-0.15, -0.1) is 0 Å². The number of hydrogen-bond acceptors (Lipinski definition) is 3. The molecule has 1 fully saturated rings. The summed E-state index contributed by atoms with van der Waals surface area (Å²) in [4.78, 5) is 1.91. The van der Waals surface area contributed by atoms with E-state index in [0.29, 0.717) is 6.26 Å². The Kier molecular flexibility index (Phi) is 16.0. The third-order valence-electron chi connectivity index (χ3n) is 5.16. The van der Waals surface area contributed by atoms with Gasteiger partial charge < -0.3 is 9.45 Å². The number of nitrogens with one attached hydrogen (secondary N) is 1. The van der Waals surface area contributed by atoms with Crippen LogP contribution in [-0.2, 0) is 10.1 Å². The van der Waals surface area contributed by atoms with Gasteiger partial charge in [-0.1, -0.05) is 71.6 Å². The fraction of sp³-hybridized carbons (Fsp3) is 1.00. The Balaban J connectivity index is 0.00000101. The molecule has 0 aromatic rings. The second-order valence-corrected chi connectivity index (χ2v) is 9.17. The summed E-state index contributed by atoms with van der Waals surface area (Å²) in [7, 11) is -3.92. The smallest absolute Gasteiger partial charge is 0.0916 e. The van der Waals surface area contributed by atoms with E-state index in [9.17, 15) is 0 Å². The lowest BCUT2D eigenvalue weighted by molar-refractivity contribution is -0.906. The number of rotatable bonds is 12. The summed E-state index contributed by atoms with van der Waals surface area (Å²) in [5, 5.41) is 0. The van der Waals surface area contributed by atoms with E-state index in [0.717, 1.165) is 5.92 Å². The van der Waals surface area contributed by atoms with E-state index in [1.807, 2.05) is 4.90 Å². The van der Waals surface area contributed by atoms with Gasteiger partial charge in [0, 0.05) is 6.26 Å². The first-order chi connectivity index (χ1) is 11.9. The number of unbranched alkanes of at least 4 members (excludes halogenated alkanes) is 8. The molecule has 1 N–H and O–H groups in total. The summed E-state index contributed by atoms with van der Waals surface area (Å²) in [6.07, 6.45) is 19.6. The highest BCUT2D eigenvalue weighted by Gasteiger charge is 2.20. The number of piperidine rings is 1. The van der Waals surface area contributed by atoms with Crippen molar-refractivity contribution in [1.29, 1.82) is 0 Å². The minimum atomic E-state index is -3.92. The first kappa shape index (κ1) is 24.9. The first-order valence-electron chi connectivity index (χ1n) is 10.6. The Morgan fingerprint density at radius 2 is 1.28 bits per heavy atom. The molecule has 5 heteroatoms. The largest absolute Gasteiger partial charge is 0.748 e. The molecule has 0 unspecified atom stereocenters. The van der Waals surface area contributed by atoms with Crippen LogP contribution in [0.5, 0.6) is 0 Å². The maximum atomic E-state index is 9.08. The topological polar surface area (TPSA) is 61.6 Å². The van der Waals surface area contributed by atoms with Crippen LogP contribution in [0.1, 0.15) is 97.3 Å². The van der Waals surface area contributed by atoms with Gasteiger partial charge in [-0.25, -0.2) is 8.42 Å². The zero-order chi connectivity index (χ0) is 19.0. The van der Waals surface area contributed by atoms with E-state index in [-0.39, 0.29) is 0 Å². The van der Waals surface area contributed by atoms with E-state index in [4.69, 9.17) is 13.0 Å². The average Bonchev–Trinajstić information content (AvgIpc) is 2.55. The van der Waals surface area contributed by atoms with Crippen LogP contribution in [0.15, 0.2) is 0 Å². The second-order valence-electron chi connectivity index (χ2n) is 7.76. The molecule has 0 radical (unpaired) electrons. The predicted octanol–water partition coefficient (Wildman–Crippen LogP) is 3.77. The van der Waals surface area contributed by atoms with Crippen LogP contribution in [0.4, 0.5) is 0 Å². The van der Waals surface area contributed by atoms with Crippen molar-refractivity contribution in [2.24, 2.45) is 5.92 Å². The fourth-order valence-corrected chi connectivity index (χ4v) is 3.63. The van der Waals surface area contributed by atoms with Gasteiger partial charge in [-0.2, -0.15) is 0 Å². The lowest BCUT2D eigenvalue weighted by Crippen LogP contribution is -3.13. The normalized spacial score (nSPS) is 20.8. The molecule has 1 saturated heterocycles. The van der Waals surface area contributed by atoms with E-state index in [1.54, 1.807) is 0 Å². The van der Waals surface area contributed by atoms with Gasteiger partial charge in [-0.3, -0.25) is 0 Å². The molecule has 0 bridgehead atoms. The Morgan fingerprint density at radius 1 is 0.840 bits per heavy atom. The van der Waals surface area contributed by atoms with Crippen LogP contribution < -0.4 is 4.90 Å². The van der Waals surface area contributed by atoms with E-state index < -0.39 is 10.1 Å². The van der Waals surface area contributed by atoms with Gasteiger partial charge in [0.1, 0.15) is 0 Å². The highest BCUT2D eigenvalue weighted by molar-refractivity contribution is 7.84. The van der Waals surface area contributed by atoms with Gasteiger partial charge in [-0.05, 0) is 31.6 Å². The lowest BCUT2D eigenvalue weighted by Gasteiger charge is -2.29. The quantitative estimate of drug-likeness (QED) is 0.416. The fourth-order valence-electron chi connectivity index (χ4n) is 3.63. The maximum Gasteiger partial charge on any atom is 0.0916 e. The summed E-state index contributed by atoms with van der Waals surface area (Å²) >= 11 is 0. The van der Waals surface area contributed by atoms with Crippen LogP contribution in [-0.4, -0.2) is 38.9 Å². The number of hydrogen-bond donors (Lipinski definition) is 1. The Morgan fingerprint density at radius 3 is 1.76 bits per heavy atom. The second kappa shape index (κ2) is 16.1. The number of quaternary nitrogens is 1. The van der Waals surface area contributed by atoms with Crippen molar-refractivity contribution in [3.05, 3.63) is 0 Å². The molecule has 1 aliphatic rings. The number of likely N-dealkylation sites (tertiary alicyclic amines) is 1. The summed E-state index contributed by atoms with van der Waals surface area (Å²) in [6.45, 7) is 9.00. The highest BCUT2D eigenvalue weighted by Crippen LogP contribution is 2.17. The monoisotopic (exact) mass is 377 g/mol. The van der Waals surface area contributed by atoms with Gasteiger partial charge in [0.25, 0.3) is 0 Å². The van der Waals surface area contributed by atoms with Crippen molar-refractivity contribution in [1.82, 2.24) is 0 Å². The Bertz CT molecular complexity index is 368. The van der Waals surface area contributed by atoms with Crippen LogP contribution in [0, 0.1) is 5.92 Å². The maximum absolute atomic E-state index is 9.08. The van der Waals surface area contributed by atoms with Gasteiger partial charge in [0.05, 0.1) is 29.8 Å². The van der Waals surface area contributed by atoms with Crippen LogP contribution in [0.3, 0.4) is 0 Å². The molecular weight excluding hydrogens is 334 g/mol. The van der Waals surface area contributed by atoms with Crippen LogP contribution in [0.2, 0.25) is 0 Å². The third kappa shape index (κ3) is 20.0. The third-order valence-corrected chi connectivity index (χ3v) is 5.16. The molecule has 0 aliphatic carbocycles. The lowest BCUT2D eigenvalue weighted by atomic mass is 9.91. The first-order valence-corrected chi connectivity index (χ1v) is 12.4.